The van der Waals surface area contributed by atoms with E-state index in [-0.39, 0.29) is 28.6 Å². The highest BCUT2D eigenvalue weighted by atomic mass is 35.5. The van der Waals surface area contributed by atoms with Gasteiger partial charge in [0.1, 0.15) is 18.2 Å². The van der Waals surface area contributed by atoms with Gasteiger partial charge in [0, 0.05) is 36.4 Å². The third kappa shape index (κ3) is 4.26. The lowest BCUT2D eigenvalue weighted by Gasteiger charge is -2.43. The Kier molecular flexibility index (Phi) is 5.90. The lowest BCUT2D eigenvalue weighted by atomic mass is 9.97. The van der Waals surface area contributed by atoms with Crippen molar-refractivity contribution in [2.24, 2.45) is 0 Å². The minimum Gasteiger partial charge on any atom is -0.381 e. The van der Waals surface area contributed by atoms with Crippen molar-refractivity contribution in [2.75, 3.05) is 35.6 Å². The molecule has 7 nitrogen and oxygen atoms in total. The van der Waals surface area contributed by atoms with Gasteiger partial charge < -0.3 is 20.9 Å². The van der Waals surface area contributed by atoms with E-state index in [1.165, 1.54) is 18.5 Å². The SMILES string of the molecule is Nc1ncnc(N2CCCC(N3CCCC(Nc4cc(F)cc(Cl)c4)C3=O)C2)c1F. The summed E-state index contributed by atoms with van der Waals surface area (Å²) in [6, 6.07) is 3.61. The monoisotopic (exact) mass is 436 g/mol. The van der Waals surface area contributed by atoms with Crippen LogP contribution in [0.4, 0.5) is 26.1 Å². The van der Waals surface area contributed by atoms with Crippen molar-refractivity contribution in [3.8, 4) is 0 Å². The van der Waals surface area contributed by atoms with E-state index in [2.05, 4.69) is 15.3 Å². The zero-order chi connectivity index (χ0) is 21.3. The summed E-state index contributed by atoms with van der Waals surface area (Å²) in [6.07, 6.45) is 4.33. The van der Waals surface area contributed by atoms with Crippen LogP contribution >= 0.6 is 11.6 Å². The lowest BCUT2D eigenvalue weighted by molar-refractivity contribution is -0.137. The molecule has 0 saturated carbocycles. The number of anilines is 3. The maximum atomic E-state index is 14.4. The second-order valence-corrected chi connectivity index (χ2v) is 8.10. The quantitative estimate of drug-likeness (QED) is 0.766. The van der Waals surface area contributed by atoms with Gasteiger partial charge in [0.25, 0.3) is 0 Å². The zero-order valence-corrected chi connectivity index (χ0v) is 17.1. The Hall–Kier alpha value is -2.68. The lowest BCUT2D eigenvalue weighted by Crippen LogP contribution is -2.56. The van der Waals surface area contributed by atoms with Gasteiger partial charge >= 0.3 is 0 Å². The van der Waals surface area contributed by atoms with Crippen LogP contribution in [0, 0.1) is 11.6 Å². The second kappa shape index (κ2) is 8.59. The third-order valence-corrected chi connectivity index (χ3v) is 5.83. The first kappa shape index (κ1) is 20.6. The number of likely N-dealkylation sites (tertiary alicyclic amines) is 1. The number of benzene rings is 1. The first-order chi connectivity index (χ1) is 14.4. The number of nitrogens with two attached hydrogens (primary N) is 1. The molecular weight excluding hydrogens is 414 g/mol. The average molecular weight is 437 g/mol. The molecule has 10 heteroatoms. The molecule has 160 valence electrons. The minimum absolute atomic E-state index is 0.0452. The summed E-state index contributed by atoms with van der Waals surface area (Å²) < 4.78 is 28.0. The third-order valence-electron chi connectivity index (χ3n) is 5.61. The van der Waals surface area contributed by atoms with E-state index in [0.717, 1.165) is 19.3 Å². The van der Waals surface area contributed by atoms with Crippen molar-refractivity contribution in [3.05, 3.63) is 41.2 Å². The molecule has 2 fully saturated rings. The number of carbonyl (C=O) groups is 1. The number of hydrogen-bond acceptors (Lipinski definition) is 6. The summed E-state index contributed by atoms with van der Waals surface area (Å²) in [6.45, 7) is 1.74. The van der Waals surface area contributed by atoms with E-state index in [4.69, 9.17) is 17.3 Å². The van der Waals surface area contributed by atoms with Crippen molar-refractivity contribution in [2.45, 2.75) is 37.8 Å². The molecule has 0 aliphatic carbocycles. The molecule has 0 bridgehead atoms. The number of halogens is 3. The molecule has 1 aromatic heterocycles. The van der Waals surface area contributed by atoms with Crippen LogP contribution < -0.4 is 16.0 Å². The van der Waals surface area contributed by atoms with Gasteiger partial charge in [-0.2, -0.15) is 4.39 Å². The molecule has 2 aliphatic rings. The van der Waals surface area contributed by atoms with Crippen LogP contribution in [0.1, 0.15) is 25.7 Å². The van der Waals surface area contributed by atoms with E-state index in [9.17, 15) is 13.6 Å². The fraction of sp³-hybridized carbons (Fsp3) is 0.450. The molecule has 0 radical (unpaired) electrons. The molecule has 30 heavy (non-hydrogen) atoms. The maximum Gasteiger partial charge on any atom is 0.245 e. The number of nitrogens with one attached hydrogen (secondary N) is 1. The molecule has 2 aromatic rings. The maximum absolute atomic E-state index is 14.4. The average Bonchev–Trinajstić information content (AvgIpc) is 2.71. The summed E-state index contributed by atoms with van der Waals surface area (Å²) in [5.74, 6) is -1.16. The van der Waals surface area contributed by atoms with Crippen LogP contribution in [0.2, 0.25) is 5.02 Å². The summed E-state index contributed by atoms with van der Waals surface area (Å²) in [4.78, 5) is 24.5. The van der Waals surface area contributed by atoms with Gasteiger partial charge in [0.2, 0.25) is 11.7 Å². The van der Waals surface area contributed by atoms with Crippen molar-refractivity contribution in [1.29, 1.82) is 0 Å². The molecule has 4 rings (SSSR count). The Morgan fingerprint density at radius 2 is 1.93 bits per heavy atom. The van der Waals surface area contributed by atoms with Crippen LogP contribution in [0.15, 0.2) is 24.5 Å². The topological polar surface area (TPSA) is 87.4 Å². The number of nitrogen functional groups attached to an aromatic ring is 1. The molecule has 2 aliphatic heterocycles. The van der Waals surface area contributed by atoms with E-state index in [1.54, 1.807) is 6.07 Å². The van der Waals surface area contributed by atoms with E-state index in [1.807, 2.05) is 9.80 Å². The Labute approximate surface area is 178 Å². The van der Waals surface area contributed by atoms with Crippen LogP contribution in [-0.4, -0.2) is 52.5 Å². The predicted molar refractivity (Wildman–Crippen MR) is 111 cm³/mol. The van der Waals surface area contributed by atoms with E-state index in [0.29, 0.717) is 31.7 Å². The molecule has 2 unspecified atom stereocenters. The van der Waals surface area contributed by atoms with Crippen LogP contribution in [0.5, 0.6) is 0 Å². The van der Waals surface area contributed by atoms with Gasteiger partial charge in [-0.1, -0.05) is 11.6 Å². The Bertz CT molecular complexity index is 925. The highest BCUT2D eigenvalue weighted by molar-refractivity contribution is 6.30. The number of nitrogens with zero attached hydrogens (tertiary/aromatic N) is 4. The fourth-order valence-electron chi connectivity index (χ4n) is 4.23. The highest BCUT2D eigenvalue weighted by Gasteiger charge is 2.36. The van der Waals surface area contributed by atoms with Crippen LogP contribution in [-0.2, 0) is 4.79 Å². The number of aromatic nitrogens is 2. The van der Waals surface area contributed by atoms with Gasteiger partial charge in [-0.15, -0.1) is 0 Å². The Morgan fingerprint density at radius 1 is 1.13 bits per heavy atom. The van der Waals surface area contributed by atoms with E-state index < -0.39 is 17.7 Å². The Morgan fingerprint density at radius 3 is 2.73 bits per heavy atom. The number of rotatable bonds is 4. The number of hydrogen-bond donors (Lipinski definition) is 2. The fourth-order valence-corrected chi connectivity index (χ4v) is 4.45. The zero-order valence-electron chi connectivity index (χ0n) is 16.3. The molecule has 1 amide bonds. The largest absolute Gasteiger partial charge is 0.381 e. The van der Waals surface area contributed by atoms with Crippen molar-refractivity contribution in [3.63, 3.8) is 0 Å². The summed E-state index contributed by atoms with van der Waals surface area (Å²) in [5.41, 5.74) is 6.05. The molecular formula is C20H23ClF2N6O. The van der Waals surface area contributed by atoms with Gasteiger partial charge in [0.15, 0.2) is 11.6 Å². The number of piperidine rings is 2. The smallest absolute Gasteiger partial charge is 0.245 e. The molecule has 2 saturated heterocycles. The minimum atomic E-state index is -0.634. The molecule has 3 heterocycles. The van der Waals surface area contributed by atoms with Gasteiger partial charge in [-0.25, -0.2) is 14.4 Å². The number of amides is 1. The summed E-state index contributed by atoms with van der Waals surface area (Å²) >= 11 is 5.92. The number of carbonyl (C=O) groups excluding carboxylic acids is 1. The summed E-state index contributed by atoms with van der Waals surface area (Å²) in [5, 5.41) is 3.38. The van der Waals surface area contributed by atoms with Gasteiger partial charge in [-0.3, -0.25) is 4.79 Å². The van der Waals surface area contributed by atoms with Crippen LogP contribution in [0.25, 0.3) is 0 Å². The molecule has 1 aromatic carbocycles. The Balaban J connectivity index is 1.47. The second-order valence-electron chi connectivity index (χ2n) is 7.67. The molecule has 3 N–H and O–H groups in total. The van der Waals surface area contributed by atoms with Crippen molar-refractivity contribution < 1.29 is 13.6 Å². The first-order valence-corrected chi connectivity index (χ1v) is 10.3. The van der Waals surface area contributed by atoms with Gasteiger partial charge in [-0.05, 0) is 43.9 Å². The predicted octanol–water partition coefficient (Wildman–Crippen LogP) is 3.06. The summed E-state index contributed by atoms with van der Waals surface area (Å²) in [7, 11) is 0. The van der Waals surface area contributed by atoms with Crippen LogP contribution in [0.3, 0.4) is 0 Å². The first-order valence-electron chi connectivity index (χ1n) is 9.96. The molecule has 0 spiro atoms. The molecule has 2 atom stereocenters. The highest BCUT2D eigenvalue weighted by Crippen LogP contribution is 2.28. The standard InChI is InChI=1S/C20H23ClF2N6O/c21-12-7-13(22)9-14(8-12)27-16-4-2-6-29(20(16)30)15-3-1-5-28(10-15)19-17(23)18(24)25-11-26-19/h7-9,11,15-16,27H,1-6,10H2,(H2,24,25,26). The normalized spacial score (nSPS) is 22.3. The van der Waals surface area contributed by atoms with Gasteiger partial charge in [0.05, 0.1) is 0 Å². The van der Waals surface area contributed by atoms with Crippen molar-refractivity contribution >= 4 is 34.8 Å². The van der Waals surface area contributed by atoms with Crippen molar-refractivity contribution in [1.82, 2.24) is 14.9 Å². The van der Waals surface area contributed by atoms with E-state index >= 15 is 0 Å².